The summed E-state index contributed by atoms with van der Waals surface area (Å²) in [5.41, 5.74) is 1.17. The van der Waals surface area contributed by atoms with Crippen LogP contribution in [0.5, 0.6) is 0 Å². The van der Waals surface area contributed by atoms with Gasteiger partial charge in [-0.1, -0.05) is 49.3 Å². The van der Waals surface area contributed by atoms with E-state index in [0.29, 0.717) is 12.3 Å². The minimum atomic E-state index is -0.887. The zero-order chi connectivity index (χ0) is 17.3. The first-order chi connectivity index (χ1) is 11.5. The molecule has 6 heteroatoms. The summed E-state index contributed by atoms with van der Waals surface area (Å²) in [6, 6.07) is 11.1. The maximum absolute atomic E-state index is 12.6. The molecular weight excluding hydrogens is 308 g/mol. The fourth-order valence-electron chi connectivity index (χ4n) is 3.08. The second-order valence-corrected chi connectivity index (χ2v) is 6.44. The number of nitrogens with zero attached hydrogens (tertiary/aromatic N) is 2. The van der Waals surface area contributed by atoms with Gasteiger partial charge in [-0.25, -0.2) is 0 Å². The van der Waals surface area contributed by atoms with Gasteiger partial charge in [-0.05, 0) is 5.56 Å². The summed E-state index contributed by atoms with van der Waals surface area (Å²) in [6.07, 6.45) is 0. The molecule has 1 aliphatic rings. The number of carbonyl (C=O) groups is 2. The first-order valence-electron chi connectivity index (χ1n) is 8.01. The van der Waals surface area contributed by atoms with Crippen molar-refractivity contribution in [1.29, 1.82) is 0 Å². The van der Waals surface area contributed by atoms with E-state index in [0.717, 1.165) is 5.56 Å². The predicted octanol–water partition coefficient (Wildman–Crippen LogP) is 2.74. The topological polar surface area (TPSA) is 83.6 Å². The first kappa shape index (κ1) is 16.2. The van der Waals surface area contributed by atoms with E-state index in [4.69, 9.17) is 4.52 Å². The second kappa shape index (κ2) is 6.47. The van der Waals surface area contributed by atoms with Crippen LogP contribution in [0, 0.1) is 5.92 Å². The molecule has 6 nitrogen and oxygen atoms in total. The molecule has 2 heterocycles. The van der Waals surface area contributed by atoms with E-state index < -0.39 is 11.9 Å². The molecule has 0 aliphatic carbocycles. The van der Waals surface area contributed by atoms with Crippen LogP contribution in [0.1, 0.15) is 47.5 Å². The van der Waals surface area contributed by atoms with Crippen LogP contribution in [-0.2, 0) is 4.79 Å². The van der Waals surface area contributed by atoms with Crippen molar-refractivity contribution in [3.8, 4) is 0 Å². The normalized spacial score (nSPS) is 20.5. The van der Waals surface area contributed by atoms with E-state index in [2.05, 4.69) is 5.16 Å². The molecule has 24 heavy (non-hydrogen) atoms. The zero-order valence-corrected chi connectivity index (χ0v) is 13.7. The molecule has 1 aliphatic heterocycles. The molecule has 0 radical (unpaired) electrons. The van der Waals surface area contributed by atoms with Crippen molar-refractivity contribution in [2.75, 3.05) is 13.1 Å². The van der Waals surface area contributed by atoms with Crippen LogP contribution in [0.2, 0.25) is 0 Å². The Bertz CT molecular complexity index is 738. The zero-order valence-electron chi connectivity index (χ0n) is 13.7. The van der Waals surface area contributed by atoms with E-state index in [9.17, 15) is 14.7 Å². The third-order valence-corrected chi connectivity index (χ3v) is 4.47. The van der Waals surface area contributed by atoms with Crippen molar-refractivity contribution in [2.24, 2.45) is 5.92 Å². The average molecular weight is 328 g/mol. The SMILES string of the molecule is CC(C)c1cc(C(=O)N2CC(C(=O)O)C(c3ccccc3)C2)no1. The Morgan fingerprint density at radius 1 is 1.25 bits per heavy atom. The molecule has 1 N–H and O–H groups in total. The summed E-state index contributed by atoms with van der Waals surface area (Å²) in [7, 11) is 0. The molecule has 1 amide bonds. The number of likely N-dealkylation sites (tertiary alicyclic amines) is 1. The molecule has 2 aromatic rings. The molecule has 1 saturated heterocycles. The van der Waals surface area contributed by atoms with Crippen molar-refractivity contribution in [3.05, 3.63) is 53.4 Å². The molecule has 1 aromatic heterocycles. The highest BCUT2D eigenvalue weighted by atomic mass is 16.5. The number of carboxylic acid groups (broad SMARTS) is 1. The Kier molecular flexibility index (Phi) is 4.38. The van der Waals surface area contributed by atoms with Crippen LogP contribution in [0.3, 0.4) is 0 Å². The first-order valence-corrected chi connectivity index (χ1v) is 8.01. The predicted molar refractivity (Wildman–Crippen MR) is 86.8 cm³/mol. The molecule has 0 spiro atoms. The monoisotopic (exact) mass is 328 g/mol. The van der Waals surface area contributed by atoms with Crippen LogP contribution in [-0.4, -0.2) is 40.1 Å². The summed E-state index contributed by atoms with van der Waals surface area (Å²) in [4.78, 5) is 25.8. The minimum Gasteiger partial charge on any atom is -0.481 e. The lowest BCUT2D eigenvalue weighted by molar-refractivity contribution is -0.141. The number of rotatable bonds is 4. The Morgan fingerprint density at radius 2 is 1.96 bits per heavy atom. The van der Waals surface area contributed by atoms with E-state index in [1.807, 2.05) is 44.2 Å². The van der Waals surface area contributed by atoms with E-state index >= 15 is 0 Å². The number of amides is 1. The third kappa shape index (κ3) is 3.04. The van der Waals surface area contributed by atoms with Gasteiger partial charge in [0.05, 0.1) is 5.92 Å². The summed E-state index contributed by atoms with van der Waals surface area (Å²) in [5, 5.41) is 13.4. The van der Waals surface area contributed by atoms with Crippen molar-refractivity contribution in [3.63, 3.8) is 0 Å². The smallest absolute Gasteiger partial charge is 0.308 e. The average Bonchev–Trinajstić information content (AvgIpc) is 3.22. The third-order valence-electron chi connectivity index (χ3n) is 4.47. The molecule has 0 saturated carbocycles. The number of hydrogen-bond donors (Lipinski definition) is 1. The number of benzene rings is 1. The van der Waals surface area contributed by atoms with Gasteiger partial charge in [-0.3, -0.25) is 9.59 Å². The van der Waals surface area contributed by atoms with Crippen LogP contribution in [0.4, 0.5) is 0 Å². The van der Waals surface area contributed by atoms with Gasteiger partial charge in [0.2, 0.25) is 0 Å². The maximum atomic E-state index is 12.6. The van der Waals surface area contributed by atoms with Crippen molar-refractivity contribution < 1.29 is 19.2 Å². The lowest BCUT2D eigenvalue weighted by Gasteiger charge is -2.15. The standard InChI is InChI=1S/C18H20N2O4/c1-11(2)16-8-15(19-24-16)17(21)20-9-13(14(10-20)18(22)23)12-6-4-3-5-7-12/h3-8,11,13-14H,9-10H2,1-2H3,(H,22,23). The fraction of sp³-hybridized carbons (Fsp3) is 0.389. The Morgan fingerprint density at radius 3 is 2.54 bits per heavy atom. The van der Waals surface area contributed by atoms with Crippen LogP contribution >= 0.6 is 0 Å². The van der Waals surface area contributed by atoms with Crippen molar-refractivity contribution in [1.82, 2.24) is 10.1 Å². The van der Waals surface area contributed by atoms with Crippen LogP contribution < -0.4 is 0 Å². The summed E-state index contributed by atoms with van der Waals surface area (Å²) in [5.74, 6) is -1.22. The Labute approximate surface area is 140 Å². The quantitative estimate of drug-likeness (QED) is 0.933. The molecule has 126 valence electrons. The van der Waals surface area contributed by atoms with Crippen molar-refractivity contribution in [2.45, 2.75) is 25.7 Å². The van der Waals surface area contributed by atoms with Gasteiger partial charge in [0.1, 0.15) is 5.76 Å². The minimum absolute atomic E-state index is 0.140. The van der Waals surface area contributed by atoms with E-state index in [1.165, 1.54) is 0 Å². The van der Waals surface area contributed by atoms with Gasteiger partial charge >= 0.3 is 5.97 Å². The molecule has 1 aromatic carbocycles. The summed E-state index contributed by atoms with van der Waals surface area (Å²) < 4.78 is 5.18. The molecule has 1 fully saturated rings. The molecule has 2 unspecified atom stereocenters. The Balaban J connectivity index is 1.82. The highest BCUT2D eigenvalue weighted by Crippen LogP contribution is 2.33. The van der Waals surface area contributed by atoms with E-state index in [-0.39, 0.29) is 30.0 Å². The number of carboxylic acids is 1. The van der Waals surface area contributed by atoms with Gasteiger partial charge in [0.25, 0.3) is 5.91 Å². The van der Waals surface area contributed by atoms with Gasteiger partial charge < -0.3 is 14.5 Å². The molecule has 3 rings (SSSR count). The van der Waals surface area contributed by atoms with Gasteiger partial charge in [0, 0.05) is 31.0 Å². The van der Waals surface area contributed by atoms with Crippen molar-refractivity contribution >= 4 is 11.9 Å². The van der Waals surface area contributed by atoms with Gasteiger partial charge in [-0.2, -0.15) is 0 Å². The maximum Gasteiger partial charge on any atom is 0.308 e. The molecule has 2 atom stereocenters. The summed E-state index contributed by atoms with van der Waals surface area (Å²) >= 11 is 0. The second-order valence-electron chi connectivity index (χ2n) is 6.44. The molecule has 0 bridgehead atoms. The summed E-state index contributed by atoms with van der Waals surface area (Å²) in [6.45, 7) is 4.45. The lowest BCUT2D eigenvalue weighted by Crippen LogP contribution is -2.30. The Hall–Kier alpha value is -2.63. The van der Waals surface area contributed by atoms with Crippen LogP contribution in [0.25, 0.3) is 0 Å². The number of aliphatic carboxylic acids is 1. The largest absolute Gasteiger partial charge is 0.481 e. The highest BCUT2D eigenvalue weighted by molar-refractivity contribution is 5.93. The van der Waals surface area contributed by atoms with E-state index in [1.54, 1.807) is 11.0 Å². The van der Waals surface area contributed by atoms with Gasteiger partial charge in [-0.15, -0.1) is 0 Å². The van der Waals surface area contributed by atoms with Gasteiger partial charge in [0.15, 0.2) is 5.69 Å². The lowest BCUT2D eigenvalue weighted by atomic mass is 9.89. The highest BCUT2D eigenvalue weighted by Gasteiger charge is 2.41. The number of aromatic nitrogens is 1. The number of carbonyl (C=O) groups excluding carboxylic acids is 1. The molecular formula is C18H20N2O4. The number of hydrogen-bond acceptors (Lipinski definition) is 4. The van der Waals surface area contributed by atoms with Crippen LogP contribution in [0.15, 0.2) is 40.9 Å². The fourth-order valence-corrected chi connectivity index (χ4v) is 3.08.